The Morgan fingerprint density at radius 2 is 1.94 bits per heavy atom. The van der Waals surface area contributed by atoms with Crippen LogP contribution in [0.2, 0.25) is 0 Å². The lowest BCUT2D eigenvalue weighted by Crippen LogP contribution is -2.19. The van der Waals surface area contributed by atoms with E-state index in [1.165, 1.54) is 12.1 Å². The van der Waals surface area contributed by atoms with Crippen molar-refractivity contribution < 1.29 is 4.39 Å². The molecule has 0 aliphatic rings. The molecule has 0 unspecified atom stereocenters. The molecule has 0 radical (unpaired) electrons. The lowest BCUT2D eigenvalue weighted by Gasteiger charge is -2.18. The van der Waals surface area contributed by atoms with Crippen molar-refractivity contribution in [3.63, 3.8) is 0 Å². The summed E-state index contributed by atoms with van der Waals surface area (Å²) in [5.41, 5.74) is 6.52. The molecular formula is C13H15FN4. The second-order valence-corrected chi connectivity index (χ2v) is 4.02. The summed E-state index contributed by atoms with van der Waals surface area (Å²) in [6.07, 6.45) is 1.69. The number of halogens is 1. The van der Waals surface area contributed by atoms with Crippen molar-refractivity contribution in [2.24, 2.45) is 5.73 Å². The standard InChI is InChI=1S/C13H15FN4/c1-18(9-10-2-4-11(14)5-3-10)13-6-7-16-12(8-15)17-13/h2-7H,8-9,15H2,1H3. The summed E-state index contributed by atoms with van der Waals surface area (Å²) >= 11 is 0. The maximum Gasteiger partial charge on any atom is 0.144 e. The van der Waals surface area contributed by atoms with E-state index >= 15 is 0 Å². The Bertz CT molecular complexity index is 513. The quantitative estimate of drug-likeness (QED) is 0.892. The molecule has 1 aromatic carbocycles. The number of nitrogens with two attached hydrogens (primary N) is 1. The number of hydrogen-bond acceptors (Lipinski definition) is 4. The van der Waals surface area contributed by atoms with Crippen LogP contribution in [0.25, 0.3) is 0 Å². The lowest BCUT2D eigenvalue weighted by molar-refractivity contribution is 0.627. The first-order valence-electron chi connectivity index (χ1n) is 5.66. The highest BCUT2D eigenvalue weighted by Crippen LogP contribution is 2.12. The van der Waals surface area contributed by atoms with Crippen molar-refractivity contribution in [1.82, 2.24) is 9.97 Å². The molecule has 2 rings (SSSR count). The van der Waals surface area contributed by atoms with Gasteiger partial charge in [0.25, 0.3) is 0 Å². The maximum absolute atomic E-state index is 12.8. The van der Waals surface area contributed by atoms with Crippen molar-refractivity contribution in [2.75, 3.05) is 11.9 Å². The van der Waals surface area contributed by atoms with Crippen LogP contribution < -0.4 is 10.6 Å². The summed E-state index contributed by atoms with van der Waals surface area (Å²) in [5.74, 6) is 1.18. The molecule has 4 nitrogen and oxygen atoms in total. The Morgan fingerprint density at radius 3 is 2.61 bits per heavy atom. The number of benzene rings is 1. The second-order valence-electron chi connectivity index (χ2n) is 4.02. The molecule has 0 saturated carbocycles. The molecule has 0 aliphatic heterocycles. The molecule has 0 saturated heterocycles. The van der Waals surface area contributed by atoms with E-state index < -0.39 is 0 Å². The van der Waals surface area contributed by atoms with Crippen molar-refractivity contribution in [3.8, 4) is 0 Å². The predicted octanol–water partition coefficient (Wildman–Crippen LogP) is 1.71. The molecule has 1 aromatic heterocycles. The molecule has 0 fully saturated rings. The number of anilines is 1. The monoisotopic (exact) mass is 246 g/mol. The van der Waals surface area contributed by atoms with Gasteiger partial charge in [0.1, 0.15) is 17.5 Å². The summed E-state index contributed by atoms with van der Waals surface area (Å²) in [6.45, 7) is 0.972. The number of nitrogens with zero attached hydrogens (tertiary/aromatic N) is 3. The van der Waals surface area contributed by atoms with Crippen LogP contribution in [0.3, 0.4) is 0 Å². The molecule has 0 atom stereocenters. The van der Waals surface area contributed by atoms with Crippen LogP contribution in [0.15, 0.2) is 36.5 Å². The first-order valence-corrected chi connectivity index (χ1v) is 5.66. The zero-order chi connectivity index (χ0) is 13.0. The van der Waals surface area contributed by atoms with Gasteiger partial charge in [-0.25, -0.2) is 14.4 Å². The van der Waals surface area contributed by atoms with Crippen LogP contribution >= 0.6 is 0 Å². The number of rotatable bonds is 4. The number of aromatic nitrogens is 2. The molecule has 5 heteroatoms. The van der Waals surface area contributed by atoms with E-state index in [0.717, 1.165) is 11.4 Å². The van der Waals surface area contributed by atoms with E-state index in [9.17, 15) is 4.39 Å². The maximum atomic E-state index is 12.8. The van der Waals surface area contributed by atoms with Gasteiger partial charge in [-0.15, -0.1) is 0 Å². The molecule has 94 valence electrons. The minimum atomic E-state index is -0.228. The fourth-order valence-corrected chi connectivity index (χ4v) is 1.64. The van der Waals surface area contributed by atoms with Gasteiger partial charge in [0, 0.05) is 19.8 Å². The van der Waals surface area contributed by atoms with E-state index in [1.807, 2.05) is 18.0 Å². The number of hydrogen-bond donors (Lipinski definition) is 1. The minimum Gasteiger partial charge on any atom is -0.355 e. The van der Waals surface area contributed by atoms with Crippen LogP contribution in [0.1, 0.15) is 11.4 Å². The van der Waals surface area contributed by atoms with Crippen molar-refractivity contribution >= 4 is 5.82 Å². The van der Waals surface area contributed by atoms with E-state index in [0.29, 0.717) is 18.9 Å². The Balaban J connectivity index is 2.11. The van der Waals surface area contributed by atoms with Gasteiger partial charge in [0.2, 0.25) is 0 Å². The molecule has 0 spiro atoms. The Hall–Kier alpha value is -2.01. The van der Waals surface area contributed by atoms with Gasteiger partial charge >= 0.3 is 0 Å². The third-order valence-corrected chi connectivity index (χ3v) is 2.60. The Labute approximate surface area is 105 Å². The van der Waals surface area contributed by atoms with E-state index in [2.05, 4.69) is 9.97 Å². The van der Waals surface area contributed by atoms with Crippen molar-refractivity contribution in [1.29, 1.82) is 0 Å². The van der Waals surface area contributed by atoms with Gasteiger partial charge in [-0.3, -0.25) is 0 Å². The van der Waals surface area contributed by atoms with Crippen LogP contribution in [0.5, 0.6) is 0 Å². The van der Waals surface area contributed by atoms with E-state index in [-0.39, 0.29) is 5.82 Å². The molecule has 2 N–H and O–H groups in total. The average molecular weight is 246 g/mol. The topological polar surface area (TPSA) is 55.0 Å². The summed E-state index contributed by atoms with van der Waals surface area (Å²) in [6, 6.07) is 8.25. The largest absolute Gasteiger partial charge is 0.355 e. The minimum absolute atomic E-state index is 0.228. The zero-order valence-electron chi connectivity index (χ0n) is 10.2. The fourth-order valence-electron chi connectivity index (χ4n) is 1.64. The van der Waals surface area contributed by atoms with Crippen LogP contribution in [0.4, 0.5) is 10.2 Å². The summed E-state index contributed by atoms with van der Waals surface area (Å²) in [5, 5.41) is 0. The zero-order valence-corrected chi connectivity index (χ0v) is 10.2. The second kappa shape index (κ2) is 5.55. The fraction of sp³-hybridized carbons (Fsp3) is 0.231. The van der Waals surface area contributed by atoms with Crippen molar-refractivity contribution in [3.05, 3.63) is 53.7 Å². The summed E-state index contributed by atoms with van der Waals surface area (Å²) in [4.78, 5) is 10.3. The summed E-state index contributed by atoms with van der Waals surface area (Å²) < 4.78 is 12.8. The van der Waals surface area contributed by atoms with E-state index in [1.54, 1.807) is 18.3 Å². The van der Waals surface area contributed by atoms with Crippen molar-refractivity contribution in [2.45, 2.75) is 13.1 Å². The lowest BCUT2D eigenvalue weighted by atomic mass is 10.2. The van der Waals surface area contributed by atoms with Gasteiger partial charge in [-0.2, -0.15) is 0 Å². The highest BCUT2D eigenvalue weighted by molar-refractivity contribution is 5.37. The third kappa shape index (κ3) is 3.01. The molecular weight excluding hydrogens is 231 g/mol. The normalized spacial score (nSPS) is 10.4. The third-order valence-electron chi connectivity index (χ3n) is 2.60. The molecule has 18 heavy (non-hydrogen) atoms. The molecule has 1 heterocycles. The van der Waals surface area contributed by atoms with Gasteiger partial charge < -0.3 is 10.6 Å². The average Bonchev–Trinajstić information content (AvgIpc) is 2.41. The molecule has 0 amide bonds. The predicted molar refractivity (Wildman–Crippen MR) is 68.4 cm³/mol. The molecule has 0 aliphatic carbocycles. The van der Waals surface area contributed by atoms with Crippen LogP contribution in [-0.4, -0.2) is 17.0 Å². The first-order chi connectivity index (χ1) is 8.69. The molecule has 0 bridgehead atoms. The highest BCUT2D eigenvalue weighted by Gasteiger charge is 2.05. The van der Waals surface area contributed by atoms with Gasteiger partial charge in [-0.05, 0) is 23.8 Å². The van der Waals surface area contributed by atoms with Crippen LogP contribution in [-0.2, 0) is 13.1 Å². The van der Waals surface area contributed by atoms with Crippen LogP contribution in [0, 0.1) is 5.82 Å². The molecule has 2 aromatic rings. The summed E-state index contributed by atoms with van der Waals surface area (Å²) in [7, 11) is 1.92. The Kier molecular flexibility index (Phi) is 3.84. The Morgan fingerprint density at radius 1 is 1.22 bits per heavy atom. The van der Waals surface area contributed by atoms with Gasteiger partial charge in [-0.1, -0.05) is 12.1 Å². The highest BCUT2D eigenvalue weighted by atomic mass is 19.1. The SMILES string of the molecule is CN(Cc1ccc(F)cc1)c1ccnc(CN)n1. The first kappa shape index (κ1) is 12.4. The van der Waals surface area contributed by atoms with Gasteiger partial charge in [0.05, 0.1) is 6.54 Å². The van der Waals surface area contributed by atoms with E-state index in [4.69, 9.17) is 5.73 Å². The smallest absolute Gasteiger partial charge is 0.144 e. The van der Waals surface area contributed by atoms with Gasteiger partial charge in [0.15, 0.2) is 0 Å².